The Labute approximate surface area is 147 Å². The third-order valence-corrected chi connectivity index (χ3v) is 5.12. The van der Waals surface area contributed by atoms with E-state index in [1.807, 2.05) is 12.3 Å². The number of hydrogen-bond donors (Lipinski definition) is 1. The molecule has 0 atom stereocenters. The van der Waals surface area contributed by atoms with E-state index >= 15 is 0 Å². The second-order valence-electron chi connectivity index (χ2n) is 5.73. The molecule has 1 N–H and O–H groups in total. The quantitative estimate of drug-likeness (QED) is 0.704. The van der Waals surface area contributed by atoms with Crippen LogP contribution in [-0.4, -0.2) is 23.4 Å². The Morgan fingerprint density at radius 3 is 2.64 bits per heavy atom. The van der Waals surface area contributed by atoms with Crippen LogP contribution in [0.4, 0.5) is 5.69 Å². The van der Waals surface area contributed by atoms with Crippen LogP contribution in [-0.2, 0) is 16.4 Å². The Morgan fingerprint density at radius 1 is 1.08 bits per heavy atom. The van der Waals surface area contributed by atoms with Crippen LogP contribution in [0.5, 0.6) is 0 Å². The molecule has 25 heavy (non-hydrogen) atoms. The van der Waals surface area contributed by atoms with E-state index in [9.17, 15) is 8.42 Å². The summed E-state index contributed by atoms with van der Waals surface area (Å²) in [5, 5.41) is 8.24. The van der Waals surface area contributed by atoms with E-state index in [-0.39, 0.29) is 4.90 Å². The zero-order chi connectivity index (χ0) is 17.7. The van der Waals surface area contributed by atoms with Crippen LogP contribution < -0.4 is 4.72 Å². The highest BCUT2D eigenvalue weighted by Crippen LogP contribution is 2.18. The van der Waals surface area contributed by atoms with Gasteiger partial charge in [0.25, 0.3) is 10.0 Å². The summed E-state index contributed by atoms with van der Waals surface area (Å²) in [6.07, 6.45) is 4.84. The first-order valence-electron chi connectivity index (χ1n) is 8.18. The Kier molecular flexibility index (Phi) is 5.14. The molecule has 130 valence electrons. The van der Waals surface area contributed by atoms with Gasteiger partial charge in [-0.05, 0) is 43.2 Å². The minimum absolute atomic E-state index is 0.180. The topological polar surface area (TPSA) is 76.9 Å². The summed E-state index contributed by atoms with van der Waals surface area (Å²) in [6.45, 7) is 2.12. The van der Waals surface area contributed by atoms with E-state index in [0.29, 0.717) is 11.4 Å². The number of unbranched alkanes of at least 4 members (excludes halogenated alkanes) is 1. The number of rotatable bonds is 7. The molecule has 7 heteroatoms. The Bertz CT molecular complexity index is 936. The van der Waals surface area contributed by atoms with Gasteiger partial charge in [-0.25, -0.2) is 13.1 Å². The average molecular weight is 356 g/mol. The van der Waals surface area contributed by atoms with Crippen LogP contribution in [0.3, 0.4) is 0 Å². The summed E-state index contributed by atoms with van der Waals surface area (Å²) >= 11 is 0. The van der Waals surface area contributed by atoms with Crippen LogP contribution in [0.15, 0.2) is 65.7 Å². The molecule has 0 saturated heterocycles. The third kappa shape index (κ3) is 4.24. The summed E-state index contributed by atoms with van der Waals surface area (Å²) in [4.78, 5) is 0.180. The minimum Gasteiger partial charge on any atom is -0.280 e. The molecule has 0 aliphatic carbocycles. The van der Waals surface area contributed by atoms with Crippen molar-refractivity contribution < 1.29 is 8.42 Å². The van der Waals surface area contributed by atoms with Gasteiger partial charge in [-0.1, -0.05) is 42.8 Å². The van der Waals surface area contributed by atoms with E-state index in [4.69, 9.17) is 0 Å². The van der Waals surface area contributed by atoms with E-state index in [1.165, 1.54) is 0 Å². The lowest BCUT2D eigenvalue weighted by molar-refractivity contribution is 0.601. The predicted octanol–water partition coefficient (Wildman–Crippen LogP) is 3.41. The molecule has 0 saturated carbocycles. The van der Waals surface area contributed by atoms with E-state index in [0.717, 1.165) is 25.0 Å². The number of aromatic nitrogens is 3. The van der Waals surface area contributed by atoms with Crippen molar-refractivity contribution in [1.82, 2.24) is 15.0 Å². The molecule has 0 aliphatic rings. The zero-order valence-corrected chi connectivity index (χ0v) is 14.8. The fraction of sp³-hybridized carbons (Fsp3) is 0.222. The minimum atomic E-state index is -3.66. The molecule has 0 spiro atoms. The van der Waals surface area contributed by atoms with Gasteiger partial charge in [0.2, 0.25) is 0 Å². The molecule has 3 aromatic rings. The van der Waals surface area contributed by atoms with Crippen molar-refractivity contribution in [2.24, 2.45) is 0 Å². The van der Waals surface area contributed by atoms with Crippen molar-refractivity contribution in [3.63, 3.8) is 0 Å². The molecule has 0 unspecified atom stereocenters. The Balaban J connectivity index is 1.84. The predicted molar refractivity (Wildman–Crippen MR) is 97.2 cm³/mol. The fourth-order valence-electron chi connectivity index (χ4n) is 2.41. The summed E-state index contributed by atoms with van der Waals surface area (Å²) in [5.41, 5.74) is 2.08. The number of para-hydroxylation sites is 1. The van der Waals surface area contributed by atoms with Crippen molar-refractivity contribution >= 4 is 15.7 Å². The maximum atomic E-state index is 12.6. The van der Waals surface area contributed by atoms with Gasteiger partial charge in [-0.2, -0.15) is 0 Å². The molecule has 0 aliphatic heterocycles. The summed E-state index contributed by atoms with van der Waals surface area (Å²) in [7, 11) is -3.66. The molecule has 0 radical (unpaired) electrons. The summed E-state index contributed by atoms with van der Waals surface area (Å²) < 4.78 is 29.3. The maximum absolute atomic E-state index is 12.6. The van der Waals surface area contributed by atoms with Crippen molar-refractivity contribution in [1.29, 1.82) is 0 Å². The largest absolute Gasteiger partial charge is 0.280 e. The van der Waals surface area contributed by atoms with E-state index < -0.39 is 10.0 Å². The van der Waals surface area contributed by atoms with Crippen LogP contribution in [0.1, 0.15) is 25.5 Å². The molecule has 1 aromatic heterocycles. The second-order valence-corrected chi connectivity index (χ2v) is 7.41. The highest BCUT2D eigenvalue weighted by molar-refractivity contribution is 7.92. The highest BCUT2D eigenvalue weighted by Gasteiger charge is 2.15. The number of nitrogens with zero attached hydrogens (tertiary/aromatic N) is 3. The van der Waals surface area contributed by atoms with E-state index in [1.54, 1.807) is 53.2 Å². The number of hydrogen-bond acceptors (Lipinski definition) is 4. The third-order valence-electron chi connectivity index (χ3n) is 3.75. The standard InChI is InChI=1S/C18H20N4O2S/c1-2-3-8-16-14-22(21-19-16)17-11-7-12-18(13-17)25(23,24)20-15-9-5-4-6-10-15/h4-7,9-14,20H,2-3,8H2,1H3. The van der Waals surface area contributed by atoms with Crippen LogP contribution in [0, 0.1) is 0 Å². The number of anilines is 1. The molecule has 0 bridgehead atoms. The van der Waals surface area contributed by atoms with Gasteiger partial charge < -0.3 is 0 Å². The number of benzene rings is 2. The first-order chi connectivity index (χ1) is 12.1. The van der Waals surface area contributed by atoms with Gasteiger partial charge in [0.15, 0.2) is 0 Å². The number of aryl methyl sites for hydroxylation is 1. The SMILES string of the molecule is CCCCc1cn(-c2cccc(S(=O)(=O)Nc3ccccc3)c2)nn1. The monoisotopic (exact) mass is 356 g/mol. The van der Waals surface area contributed by atoms with Crippen molar-refractivity contribution in [3.8, 4) is 5.69 Å². The normalized spacial score (nSPS) is 11.4. The van der Waals surface area contributed by atoms with Crippen LogP contribution in [0.2, 0.25) is 0 Å². The van der Waals surface area contributed by atoms with Crippen molar-refractivity contribution in [2.75, 3.05) is 4.72 Å². The Hall–Kier alpha value is -2.67. The average Bonchev–Trinajstić information content (AvgIpc) is 3.09. The van der Waals surface area contributed by atoms with E-state index in [2.05, 4.69) is 22.0 Å². The first kappa shape index (κ1) is 17.2. The fourth-order valence-corrected chi connectivity index (χ4v) is 3.51. The maximum Gasteiger partial charge on any atom is 0.261 e. The van der Waals surface area contributed by atoms with Gasteiger partial charge >= 0.3 is 0 Å². The lowest BCUT2D eigenvalue weighted by Gasteiger charge is -2.09. The number of nitrogens with one attached hydrogen (secondary N) is 1. The van der Waals surface area contributed by atoms with Crippen LogP contribution >= 0.6 is 0 Å². The molecular weight excluding hydrogens is 336 g/mol. The lowest BCUT2D eigenvalue weighted by Crippen LogP contribution is -2.13. The molecule has 6 nitrogen and oxygen atoms in total. The first-order valence-corrected chi connectivity index (χ1v) is 9.66. The molecule has 0 fully saturated rings. The van der Waals surface area contributed by atoms with Gasteiger partial charge in [0.05, 0.1) is 22.5 Å². The van der Waals surface area contributed by atoms with Crippen molar-refractivity contribution in [3.05, 3.63) is 66.5 Å². The second kappa shape index (κ2) is 7.48. The number of sulfonamides is 1. The molecule has 2 aromatic carbocycles. The van der Waals surface area contributed by atoms with Gasteiger partial charge in [-0.15, -0.1) is 5.10 Å². The molecule has 3 rings (SSSR count). The zero-order valence-electron chi connectivity index (χ0n) is 14.0. The molecular formula is C18H20N4O2S. The molecule has 1 heterocycles. The van der Waals surface area contributed by atoms with Gasteiger partial charge in [0.1, 0.15) is 0 Å². The van der Waals surface area contributed by atoms with Gasteiger partial charge in [-0.3, -0.25) is 4.72 Å². The van der Waals surface area contributed by atoms with Gasteiger partial charge in [0, 0.05) is 5.69 Å². The summed E-state index contributed by atoms with van der Waals surface area (Å²) in [5.74, 6) is 0. The lowest BCUT2D eigenvalue weighted by atomic mass is 10.2. The highest BCUT2D eigenvalue weighted by atomic mass is 32.2. The smallest absolute Gasteiger partial charge is 0.261 e. The van der Waals surface area contributed by atoms with Crippen molar-refractivity contribution in [2.45, 2.75) is 31.1 Å². The Morgan fingerprint density at radius 2 is 1.88 bits per heavy atom. The van der Waals surface area contributed by atoms with Crippen LogP contribution in [0.25, 0.3) is 5.69 Å². The molecule has 0 amide bonds. The summed E-state index contributed by atoms with van der Waals surface area (Å²) in [6, 6.07) is 15.5.